The van der Waals surface area contributed by atoms with Gasteiger partial charge in [-0.2, -0.15) is 0 Å². The molecule has 3 nitrogen and oxygen atoms in total. The van der Waals surface area contributed by atoms with Crippen molar-refractivity contribution in [3.63, 3.8) is 0 Å². The molecule has 0 aliphatic rings. The zero-order valence-electron chi connectivity index (χ0n) is 8.09. The molecule has 0 amide bonds. The maximum Gasteiger partial charge on any atom is 0.396 e. The van der Waals surface area contributed by atoms with Crippen molar-refractivity contribution in [1.82, 2.24) is 0 Å². The van der Waals surface area contributed by atoms with E-state index < -0.39 is 0 Å². The quantitative estimate of drug-likeness (QED) is 0.826. The number of fused-ring (bicyclic) bond motifs is 1. The van der Waals surface area contributed by atoms with Crippen LogP contribution < -0.4 is 10.3 Å². The second-order valence-electron chi connectivity index (χ2n) is 3.10. The van der Waals surface area contributed by atoms with Crippen LogP contribution >= 0.6 is 11.3 Å². The van der Waals surface area contributed by atoms with Gasteiger partial charge in [-0.15, -0.1) is 0 Å². The van der Waals surface area contributed by atoms with Crippen LogP contribution in [0.4, 0.5) is 5.69 Å². The standard InChI is InChI=1S/C10H11NO2S/c1-3-11-7-5-8-9(4-6(7)2)14-10(12)13-8/h4-5,11H,3H2,1-2H3. The Bertz CT molecular complexity index is 512. The van der Waals surface area contributed by atoms with E-state index in [0.717, 1.165) is 33.8 Å². The summed E-state index contributed by atoms with van der Waals surface area (Å²) in [7, 11) is 0. The van der Waals surface area contributed by atoms with Crippen molar-refractivity contribution in [2.75, 3.05) is 11.9 Å². The minimum Gasteiger partial charge on any atom is -0.414 e. The summed E-state index contributed by atoms with van der Waals surface area (Å²) >= 11 is 1.14. The monoisotopic (exact) mass is 209 g/mol. The van der Waals surface area contributed by atoms with E-state index in [1.807, 2.05) is 26.0 Å². The highest BCUT2D eigenvalue weighted by atomic mass is 32.1. The highest BCUT2D eigenvalue weighted by Gasteiger charge is 2.05. The molecule has 0 aliphatic carbocycles. The summed E-state index contributed by atoms with van der Waals surface area (Å²) in [6.07, 6.45) is 0. The molecule has 0 bridgehead atoms. The average molecular weight is 209 g/mol. The zero-order chi connectivity index (χ0) is 10.1. The third kappa shape index (κ3) is 1.53. The van der Waals surface area contributed by atoms with Gasteiger partial charge in [0.05, 0.1) is 4.70 Å². The molecule has 0 saturated carbocycles. The maximum atomic E-state index is 11.0. The third-order valence-electron chi connectivity index (χ3n) is 2.04. The lowest BCUT2D eigenvalue weighted by atomic mass is 10.2. The first-order valence-electron chi connectivity index (χ1n) is 4.49. The second-order valence-corrected chi connectivity index (χ2v) is 4.08. The summed E-state index contributed by atoms with van der Waals surface area (Å²) in [6.45, 7) is 4.91. The molecule has 2 aromatic rings. The minimum atomic E-state index is -0.243. The fourth-order valence-corrected chi connectivity index (χ4v) is 2.15. The molecule has 0 fully saturated rings. The molecule has 2 rings (SSSR count). The van der Waals surface area contributed by atoms with Gasteiger partial charge in [0, 0.05) is 18.3 Å². The molecule has 0 aliphatic heterocycles. The van der Waals surface area contributed by atoms with Gasteiger partial charge in [-0.05, 0) is 25.5 Å². The van der Waals surface area contributed by atoms with Crippen molar-refractivity contribution in [3.05, 3.63) is 27.4 Å². The van der Waals surface area contributed by atoms with Crippen molar-refractivity contribution in [1.29, 1.82) is 0 Å². The second kappa shape index (κ2) is 3.46. The normalized spacial score (nSPS) is 10.7. The van der Waals surface area contributed by atoms with Gasteiger partial charge in [-0.3, -0.25) is 0 Å². The van der Waals surface area contributed by atoms with E-state index in [4.69, 9.17) is 4.42 Å². The summed E-state index contributed by atoms with van der Waals surface area (Å²) in [4.78, 5) is 10.8. The van der Waals surface area contributed by atoms with Gasteiger partial charge in [0.15, 0.2) is 5.58 Å². The summed E-state index contributed by atoms with van der Waals surface area (Å²) in [5.41, 5.74) is 2.83. The van der Waals surface area contributed by atoms with Crippen molar-refractivity contribution in [2.45, 2.75) is 13.8 Å². The molecule has 1 heterocycles. The van der Waals surface area contributed by atoms with E-state index >= 15 is 0 Å². The Labute approximate surface area is 85.4 Å². The molecule has 1 aromatic carbocycles. The predicted octanol–water partition coefficient (Wildman–Crippen LogP) is 2.59. The van der Waals surface area contributed by atoms with Crippen LogP contribution in [0.25, 0.3) is 10.3 Å². The van der Waals surface area contributed by atoms with Gasteiger partial charge in [0.2, 0.25) is 0 Å². The number of anilines is 1. The lowest BCUT2D eigenvalue weighted by Crippen LogP contribution is -1.97. The van der Waals surface area contributed by atoms with Gasteiger partial charge in [-0.1, -0.05) is 11.3 Å². The fraction of sp³-hybridized carbons (Fsp3) is 0.300. The largest absolute Gasteiger partial charge is 0.414 e. The first kappa shape index (κ1) is 9.27. The van der Waals surface area contributed by atoms with Crippen molar-refractivity contribution in [2.24, 2.45) is 0 Å². The summed E-state index contributed by atoms with van der Waals surface area (Å²) in [5, 5.41) is 3.22. The predicted molar refractivity (Wildman–Crippen MR) is 59.3 cm³/mol. The molecule has 0 saturated heterocycles. The van der Waals surface area contributed by atoms with Crippen LogP contribution in [0.15, 0.2) is 21.3 Å². The SMILES string of the molecule is CCNc1cc2oc(=O)sc2cc1C. The van der Waals surface area contributed by atoms with Crippen LogP contribution in [0.3, 0.4) is 0 Å². The number of nitrogens with one attached hydrogen (secondary N) is 1. The first-order valence-corrected chi connectivity index (χ1v) is 5.30. The maximum absolute atomic E-state index is 11.0. The van der Waals surface area contributed by atoms with Crippen LogP contribution in [0.1, 0.15) is 12.5 Å². The summed E-state index contributed by atoms with van der Waals surface area (Å²) in [6, 6.07) is 3.86. The number of hydrogen-bond acceptors (Lipinski definition) is 4. The van der Waals surface area contributed by atoms with Crippen molar-refractivity contribution < 1.29 is 4.42 Å². The summed E-state index contributed by atoms with van der Waals surface area (Å²) < 4.78 is 5.94. The van der Waals surface area contributed by atoms with Crippen LogP contribution in [0.5, 0.6) is 0 Å². The molecule has 0 spiro atoms. The highest BCUT2D eigenvalue weighted by Crippen LogP contribution is 2.24. The molecule has 4 heteroatoms. The minimum absolute atomic E-state index is 0.243. The van der Waals surface area contributed by atoms with Gasteiger partial charge < -0.3 is 9.73 Å². The van der Waals surface area contributed by atoms with Crippen molar-refractivity contribution >= 4 is 27.3 Å². The van der Waals surface area contributed by atoms with E-state index in [1.165, 1.54) is 0 Å². The Morgan fingerprint density at radius 3 is 3.00 bits per heavy atom. The van der Waals surface area contributed by atoms with Crippen LogP contribution in [0, 0.1) is 6.92 Å². The van der Waals surface area contributed by atoms with Crippen molar-refractivity contribution in [3.8, 4) is 0 Å². The number of aryl methyl sites for hydroxylation is 1. The lowest BCUT2D eigenvalue weighted by Gasteiger charge is -2.05. The average Bonchev–Trinajstić information content (AvgIpc) is 2.45. The van der Waals surface area contributed by atoms with Gasteiger partial charge in [0.1, 0.15) is 0 Å². The molecular formula is C10H11NO2S. The topological polar surface area (TPSA) is 42.2 Å². The Balaban J connectivity index is 2.63. The Hall–Kier alpha value is -1.29. The fourth-order valence-electron chi connectivity index (χ4n) is 1.40. The molecular weight excluding hydrogens is 198 g/mol. The molecule has 74 valence electrons. The Kier molecular flexibility index (Phi) is 2.29. The molecule has 0 radical (unpaired) electrons. The molecule has 14 heavy (non-hydrogen) atoms. The van der Waals surface area contributed by atoms with Gasteiger partial charge in [0.25, 0.3) is 0 Å². The highest BCUT2D eigenvalue weighted by molar-refractivity contribution is 7.16. The van der Waals surface area contributed by atoms with E-state index in [2.05, 4.69) is 5.32 Å². The van der Waals surface area contributed by atoms with E-state index in [9.17, 15) is 4.79 Å². The Morgan fingerprint density at radius 2 is 2.29 bits per heavy atom. The van der Waals surface area contributed by atoms with Crippen LogP contribution in [0.2, 0.25) is 0 Å². The Morgan fingerprint density at radius 1 is 1.50 bits per heavy atom. The van der Waals surface area contributed by atoms with Gasteiger partial charge in [-0.25, -0.2) is 4.79 Å². The first-order chi connectivity index (χ1) is 6.70. The van der Waals surface area contributed by atoms with Crippen LogP contribution in [-0.4, -0.2) is 6.54 Å². The molecule has 1 N–H and O–H groups in total. The van der Waals surface area contributed by atoms with Crippen LogP contribution in [-0.2, 0) is 0 Å². The van der Waals surface area contributed by atoms with Gasteiger partial charge >= 0.3 is 4.94 Å². The smallest absolute Gasteiger partial charge is 0.396 e. The lowest BCUT2D eigenvalue weighted by molar-refractivity contribution is 0.585. The van der Waals surface area contributed by atoms with E-state index in [1.54, 1.807) is 0 Å². The molecule has 0 atom stereocenters. The number of rotatable bonds is 2. The number of hydrogen-bond donors (Lipinski definition) is 1. The third-order valence-corrected chi connectivity index (χ3v) is 2.83. The summed E-state index contributed by atoms with van der Waals surface area (Å²) in [5.74, 6) is 0. The van der Waals surface area contributed by atoms with E-state index in [-0.39, 0.29) is 4.94 Å². The zero-order valence-corrected chi connectivity index (χ0v) is 8.90. The van der Waals surface area contributed by atoms with E-state index in [0.29, 0.717) is 5.58 Å². The number of benzene rings is 1. The molecule has 0 unspecified atom stereocenters. The molecule has 1 aromatic heterocycles.